The number of hydrogen-bond donors (Lipinski definition) is 1. The van der Waals surface area contributed by atoms with Gasteiger partial charge in [-0.2, -0.15) is 0 Å². The van der Waals surface area contributed by atoms with E-state index in [0.717, 1.165) is 40.7 Å². The van der Waals surface area contributed by atoms with Crippen molar-refractivity contribution in [2.24, 2.45) is 0 Å². The Labute approximate surface area is 193 Å². The van der Waals surface area contributed by atoms with E-state index < -0.39 is 40.1 Å². The second-order valence-corrected chi connectivity index (χ2v) is 8.95. The first-order valence-corrected chi connectivity index (χ1v) is 11.1. The SMILES string of the molecule is COC(=O)c1ccc(Cl)c(NC(=O)CN(c2ccc(F)cc2)S(=O)(=O)c2ccc(F)cc2)c1. The van der Waals surface area contributed by atoms with E-state index in [-0.39, 0.29) is 26.9 Å². The summed E-state index contributed by atoms with van der Waals surface area (Å²) in [4.78, 5) is 24.2. The molecule has 0 heterocycles. The second-order valence-electron chi connectivity index (χ2n) is 6.68. The summed E-state index contributed by atoms with van der Waals surface area (Å²) in [6.07, 6.45) is 0. The number of benzene rings is 3. The fraction of sp³-hybridized carbons (Fsp3) is 0.0909. The smallest absolute Gasteiger partial charge is 0.337 e. The minimum Gasteiger partial charge on any atom is -0.465 e. The van der Waals surface area contributed by atoms with E-state index in [1.807, 2.05) is 0 Å². The maximum atomic E-state index is 13.4. The number of anilines is 2. The molecule has 3 aromatic rings. The number of carbonyl (C=O) groups excluding carboxylic acids is 2. The van der Waals surface area contributed by atoms with Crippen LogP contribution < -0.4 is 9.62 Å². The number of amides is 1. The summed E-state index contributed by atoms with van der Waals surface area (Å²) in [6.45, 7) is -0.718. The number of methoxy groups -OCH3 is 1. The quantitative estimate of drug-likeness (QED) is 0.496. The predicted octanol–water partition coefficient (Wildman–Crippen LogP) is 4.24. The number of esters is 1. The molecule has 33 heavy (non-hydrogen) atoms. The Balaban J connectivity index is 1.94. The molecule has 0 saturated carbocycles. The average Bonchev–Trinajstić information content (AvgIpc) is 2.79. The predicted molar refractivity (Wildman–Crippen MR) is 119 cm³/mol. The van der Waals surface area contributed by atoms with E-state index >= 15 is 0 Å². The van der Waals surface area contributed by atoms with Crippen molar-refractivity contribution in [1.82, 2.24) is 0 Å². The van der Waals surface area contributed by atoms with E-state index in [2.05, 4.69) is 10.1 Å². The Morgan fingerprint density at radius 2 is 1.55 bits per heavy atom. The van der Waals surface area contributed by atoms with Crippen LogP contribution >= 0.6 is 11.6 Å². The molecular weight excluding hydrogens is 478 g/mol. The Morgan fingerprint density at radius 3 is 2.12 bits per heavy atom. The van der Waals surface area contributed by atoms with E-state index in [0.29, 0.717) is 0 Å². The highest BCUT2D eigenvalue weighted by Crippen LogP contribution is 2.26. The van der Waals surface area contributed by atoms with Gasteiger partial charge in [-0.3, -0.25) is 9.10 Å². The zero-order chi connectivity index (χ0) is 24.2. The maximum Gasteiger partial charge on any atom is 0.337 e. The molecule has 0 aliphatic heterocycles. The van der Waals surface area contributed by atoms with E-state index in [9.17, 15) is 26.8 Å². The van der Waals surface area contributed by atoms with Crippen LogP contribution in [0.15, 0.2) is 71.6 Å². The van der Waals surface area contributed by atoms with Gasteiger partial charge in [0.2, 0.25) is 5.91 Å². The normalized spacial score (nSPS) is 11.0. The molecular formula is C22H17ClF2N2O5S. The Morgan fingerprint density at radius 1 is 0.970 bits per heavy atom. The van der Waals surface area contributed by atoms with Crippen molar-refractivity contribution in [2.45, 2.75) is 4.90 Å². The highest BCUT2D eigenvalue weighted by Gasteiger charge is 2.27. The van der Waals surface area contributed by atoms with Crippen LogP contribution in [0.5, 0.6) is 0 Å². The Bertz CT molecular complexity index is 1280. The van der Waals surface area contributed by atoms with Crippen molar-refractivity contribution < 1.29 is 31.5 Å². The molecule has 0 spiro atoms. The van der Waals surface area contributed by atoms with E-state index in [4.69, 9.17) is 11.6 Å². The lowest BCUT2D eigenvalue weighted by Crippen LogP contribution is -2.38. The topological polar surface area (TPSA) is 92.8 Å². The van der Waals surface area contributed by atoms with Gasteiger partial charge in [-0.15, -0.1) is 0 Å². The van der Waals surface area contributed by atoms with Gasteiger partial charge in [0.15, 0.2) is 0 Å². The first kappa shape index (κ1) is 24.1. The van der Waals surface area contributed by atoms with Gasteiger partial charge in [0.25, 0.3) is 10.0 Å². The molecule has 0 aliphatic rings. The first-order valence-electron chi connectivity index (χ1n) is 9.33. The summed E-state index contributed by atoms with van der Waals surface area (Å²) in [5.74, 6) is -2.70. The van der Waals surface area contributed by atoms with Crippen molar-refractivity contribution in [3.8, 4) is 0 Å². The summed E-state index contributed by atoms with van der Waals surface area (Å²) in [6, 6.07) is 12.5. The van der Waals surface area contributed by atoms with Crippen molar-refractivity contribution in [3.05, 3.63) is 89.0 Å². The van der Waals surface area contributed by atoms with Gasteiger partial charge in [-0.25, -0.2) is 22.0 Å². The van der Waals surface area contributed by atoms with E-state index in [1.54, 1.807) is 0 Å². The molecule has 0 saturated heterocycles. The summed E-state index contributed by atoms with van der Waals surface area (Å²) in [5.41, 5.74) is 0.180. The molecule has 0 aliphatic carbocycles. The number of nitrogens with one attached hydrogen (secondary N) is 1. The Kier molecular flexibility index (Phi) is 7.29. The number of carbonyl (C=O) groups is 2. The van der Waals surface area contributed by atoms with Crippen molar-refractivity contribution in [2.75, 3.05) is 23.3 Å². The molecule has 3 aromatic carbocycles. The molecule has 1 amide bonds. The van der Waals surface area contributed by atoms with Gasteiger partial charge >= 0.3 is 5.97 Å². The maximum absolute atomic E-state index is 13.4. The molecule has 11 heteroatoms. The zero-order valence-corrected chi connectivity index (χ0v) is 18.7. The molecule has 0 bridgehead atoms. The van der Waals surface area contributed by atoms with Gasteiger partial charge in [0, 0.05) is 0 Å². The summed E-state index contributed by atoms with van der Waals surface area (Å²) in [7, 11) is -3.14. The zero-order valence-electron chi connectivity index (χ0n) is 17.1. The lowest BCUT2D eigenvalue weighted by atomic mass is 10.2. The number of nitrogens with zero attached hydrogens (tertiary/aromatic N) is 1. The molecule has 0 fully saturated rings. The lowest BCUT2D eigenvalue weighted by molar-refractivity contribution is -0.114. The summed E-state index contributed by atoms with van der Waals surface area (Å²) >= 11 is 6.08. The standard InChI is InChI=1S/C22H17ClF2N2O5S/c1-32-22(29)14-2-11-19(23)20(12-14)26-21(28)13-27(17-7-3-15(24)4-8-17)33(30,31)18-9-5-16(25)6-10-18/h2-12H,13H2,1H3,(H,26,28). The van der Waals surface area contributed by atoms with Crippen LogP contribution in [0, 0.1) is 11.6 Å². The first-order chi connectivity index (χ1) is 15.6. The van der Waals surface area contributed by atoms with Crippen LogP contribution in [0.3, 0.4) is 0 Å². The highest BCUT2D eigenvalue weighted by molar-refractivity contribution is 7.92. The van der Waals surface area contributed by atoms with Gasteiger partial charge < -0.3 is 10.1 Å². The molecule has 3 rings (SSSR count). The van der Waals surface area contributed by atoms with Gasteiger partial charge in [0.05, 0.1) is 34.0 Å². The monoisotopic (exact) mass is 494 g/mol. The lowest BCUT2D eigenvalue weighted by Gasteiger charge is -2.24. The molecule has 0 atom stereocenters. The molecule has 1 N–H and O–H groups in total. The number of rotatable bonds is 7. The van der Waals surface area contributed by atoms with Crippen LogP contribution in [-0.4, -0.2) is 33.9 Å². The fourth-order valence-corrected chi connectivity index (χ4v) is 4.43. The minimum absolute atomic E-state index is 0.00489. The van der Waals surface area contributed by atoms with Crippen molar-refractivity contribution in [3.63, 3.8) is 0 Å². The molecule has 172 valence electrons. The number of sulfonamides is 1. The van der Waals surface area contributed by atoms with Gasteiger partial charge in [-0.1, -0.05) is 11.6 Å². The van der Waals surface area contributed by atoms with Crippen LogP contribution in [0.1, 0.15) is 10.4 Å². The molecule has 0 unspecified atom stereocenters. The number of halogens is 3. The van der Waals surface area contributed by atoms with Gasteiger partial charge in [-0.05, 0) is 66.7 Å². The van der Waals surface area contributed by atoms with Crippen molar-refractivity contribution >= 4 is 44.9 Å². The largest absolute Gasteiger partial charge is 0.465 e. The van der Waals surface area contributed by atoms with Crippen molar-refractivity contribution in [1.29, 1.82) is 0 Å². The third kappa shape index (κ3) is 5.65. The molecule has 0 radical (unpaired) electrons. The number of ether oxygens (including phenoxy) is 1. The third-order valence-electron chi connectivity index (χ3n) is 4.47. The van der Waals surface area contributed by atoms with Crippen LogP contribution in [0.2, 0.25) is 5.02 Å². The van der Waals surface area contributed by atoms with Gasteiger partial charge in [0.1, 0.15) is 18.2 Å². The Hall–Kier alpha value is -3.50. The minimum atomic E-state index is -4.33. The summed E-state index contributed by atoms with van der Waals surface area (Å²) in [5, 5.41) is 2.56. The van der Waals surface area contributed by atoms with Crippen LogP contribution in [0.25, 0.3) is 0 Å². The highest BCUT2D eigenvalue weighted by atomic mass is 35.5. The van der Waals surface area contributed by atoms with E-state index in [1.165, 1.54) is 37.4 Å². The third-order valence-corrected chi connectivity index (χ3v) is 6.58. The average molecular weight is 495 g/mol. The molecule has 0 aromatic heterocycles. The van der Waals surface area contributed by atoms with Crippen LogP contribution in [0.4, 0.5) is 20.2 Å². The van der Waals surface area contributed by atoms with Crippen LogP contribution in [-0.2, 0) is 19.6 Å². The number of hydrogen-bond acceptors (Lipinski definition) is 5. The molecule has 7 nitrogen and oxygen atoms in total. The fourth-order valence-electron chi connectivity index (χ4n) is 2.84. The summed E-state index contributed by atoms with van der Waals surface area (Å²) < 4.78 is 58.5. The second kappa shape index (κ2) is 9.97.